The van der Waals surface area contributed by atoms with Gasteiger partial charge < -0.3 is 14.5 Å². The zero-order chi connectivity index (χ0) is 23.4. The van der Waals surface area contributed by atoms with Crippen LogP contribution in [0.4, 0.5) is 0 Å². The van der Waals surface area contributed by atoms with Gasteiger partial charge >= 0.3 is 0 Å². The molecule has 0 radical (unpaired) electrons. The maximum atomic E-state index is 12.6. The van der Waals surface area contributed by atoms with E-state index in [9.17, 15) is 9.59 Å². The van der Waals surface area contributed by atoms with Gasteiger partial charge in [0.15, 0.2) is 0 Å². The monoisotopic (exact) mass is 449 g/mol. The summed E-state index contributed by atoms with van der Waals surface area (Å²) in [6.07, 6.45) is 3.96. The molecule has 0 saturated carbocycles. The topological polar surface area (TPSA) is 61.9 Å². The van der Waals surface area contributed by atoms with E-state index in [-0.39, 0.29) is 17.7 Å². The molecule has 33 heavy (non-hydrogen) atoms. The van der Waals surface area contributed by atoms with Crippen molar-refractivity contribution >= 4 is 28.2 Å². The highest BCUT2D eigenvalue weighted by Gasteiger charge is 2.31. The third-order valence-corrected chi connectivity index (χ3v) is 6.90. The Balaban J connectivity index is 1.46. The highest BCUT2D eigenvalue weighted by atomic mass is 16.5. The Labute approximate surface area is 196 Å². The molecule has 0 bridgehead atoms. The summed E-state index contributed by atoms with van der Waals surface area (Å²) in [5.41, 5.74) is 3.20. The number of carbonyl (C=O) groups excluding carboxylic acids is 2. The summed E-state index contributed by atoms with van der Waals surface area (Å²) in [7, 11) is 2.18. The second-order valence-electron chi connectivity index (χ2n) is 9.24. The Bertz CT molecular complexity index is 1050. The molecule has 2 fully saturated rings. The Morgan fingerprint density at radius 3 is 2.67 bits per heavy atom. The van der Waals surface area contributed by atoms with Gasteiger partial charge in [0.05, 0.1) is 12.5 Å². The molecule has 0 aliphatic carbocycles. The third-order valence-electron chi connectivity index (χ3n) is 6.90. The number of piperidine rings is 1. The number of piperazine rings is 1. The van der Waals surface area contributed by atoms with E-state index in [0.29, 0.717) is 19.4 Å². The van der Waals surface area contributed by atoms with Crippen LogP contribution in [0.5, 0.6) is 5.75 Å². The number of hydrogen-bond donors (Lipinski definition) is 1. The third kappa shape index (κ3) is 5.45. The van der Waals surface area contributed by atoms with Crippen molar-refractivity contribution in [1.29, 1.82) is 0 Å². The Hall–Kier alpha value is -2.70. The number of ether oxygens (including phenoxy) is 1. The maximum Gasteiger partial charge on any atom is 0.234 e. The predicted octanol–water partition coefficient (Wildman–Crippen LogP) is 3.62. The summed E-state index contributed by atoms with van der Waals surface area (Å²) in [6.45, 7) is 10.4. The minimum atomic E-state index is -0.303. The largest absolute Gasteiger partial charge is 0.494 e. The lowest BCUT2D eigenvalue weighted by Crippen LogP contribution is -2.44. The molecular formula is C27H35N3O3. The molecule has 1 unspecified atom stereocenters. The van der Waals surface area contributed by atoms with E-state index in [4.69, 9.17) is 4.74 Å². The van der Waals surface area contributed by atoms with Crippen molar-refractivity contribution in [1.82, 2.24) is 15.1 Å². The van der Waals surface area contributed by atoms with Crippen LogP contribution in [0.2, 0.25) is 0 Å². The smallest absolute Gasteiger partial charge is 0.234 e. The number of nitrogens with zero attached hydrogens (tertiary/aromatic N) is 2. The Kier molecular flexibility index (Phi) is 7.46. The van der Waals surface area contributed by atoms with Gasteiger partial charge in [0.25, 0.3) is 0 Å². The van der Waals surface area contributed by atoms with Gasteiger partial charge in [-0.1, -0.05) is 24.3 Å². The van der Waals surface area contributed by atoms with Crippen LogP contribution in [0.15, 0.2) is 36.4 Å². The van der Waals surface area contributed by atoms with Crippen LogP contribution in [0.25, 0.3) is 16.3 Å². The van der Waals surface area contributed by atoms with Crippen LogP contribution in [-0.4, -0.2) is 68.0 Å². The van der Waals surface area contributed by atoms with Crippen molar-refractivity contribution in [2.45, 2.75) is 33.1 Å². The second kappa shape index (κ2) is 10.5. The molecule has 2 aromatic carbocycles. The molecule has 2 aliphatic heterocycles. The van der Waals surface area contributed by atoms with Gasteiger partial charge in [-0.05, 0) is 73.3 Å². The minimum absolute atomic E-state index is 0.184. The van der Waals surface area contributed by atoms with Gasteiger partial charge in [0.1, 0.15) is 5.75 Å². The number of likely N-dealkylation sites (N-methyl/N-ethyl adjacent to an activating group) is 1. The Morgan fingerprint density at radius 1 is 1.15 bits per heavy atom. The first kappa shape index (κ1) is 23.5. The van der Waals surface area contributed by atoms with Crippen LogP contribution >= 0.6 is 0 Å². The van der Waals surface area contributed by atoms with E-state index in [2.05, 4.69) is 53.4 Å². The van der Waals surface area contributed by atoms with Gasteiger partial charge in [0.2, 0.25) is 11.8 Å². The minimum Gasteiger partial charge on any atom is -0.494 e. The number of fused-ring (bicyclic) bond motifs is 1. The molecule has 0 aromatic heterocycles. The van der Waals surface area contributed by atoms with Gasteiger partial charge in [-0.3, -0.25) is 14.9 Å². The van der Waals surface area contributed by atoms with Crippen molar-refractivity contribution in [2.75, 3.05) is 46.4 Å². The summed E-state index contributed by atoms with van der Waals surface area (Å²) in [6, 6.07) is 10.4. The zero-order valence-corrected chi connectivity index (χ0v) is 20.0. The fourth-order valence-electron chi connectivity index (χ4n) is 4.95. The van der Waals surface area contributed by atoms with Crippen LogP contribution in [0, 0.1) is 12.8 Å². The van der Waals surface area contributed by atoms with E-state index in [1.54, 1.807) is 0 Å². The van der Waals surface area contributed by atoms with E-state index in [1.165, 1.54) is 0 Å². The molecule has 2 aromatic rings. The van der Waals surface area contributed by atoms with E-state index < -0.39 is 0 Å². The van der Waals surface area contributed by atoms with Crippen molar-refractivity contribution < 1.29 is 14.3 Å². The Morgan fingerprint density at radius 2 is 1.94 bits per heavy atom. The maximum absolute atomic E-state index is 12.6. The van der Waals surface area contributed by atoms with Crippen molar-refractivity contribution in [3.63, 3.8) is 0 Å². The zero-order valence-electron chi connectivity index (χ0n) is 20.0. The van der Waals surface area contributed by atoms with Crippen molar-refractivity contribution in [3.05, 3.63) is 47.5 Å². The first-order valence-corrected chi connectivity index (χ1v) is 12.0. The molecule has 2 saturated heterocycles. The summed E-state index contributed by atoms with van der Waals surface area (Å²) in [5, 5.41) is 4.71. The van der Waals surface area contributed by atoms with E-state index in [1.807, 2.05) is 19.1 Å². The highest BCUT2D eigenvalue weighted by molar-refractivity contribution is 6.07. The standard InChI is InChI=1S/C27H35N3O3/c1-4-22(24-10-11-25(31)28-27(24)32)26-19(2)6-7-20-18-21(8-9-23(20)26)33-17-5-12-30-15-13-29(3)14-16-30/h4,6-9,18,24H,5,10-17H2,1-3H3,(H,28,31,32)/b22-4-. The van der Waals surface area contributed by atoms with E-state index in [0.717, 1.165) is 72.4 Å². The second-order valence-corrected chi connectivity index (χ2v) is 9.24. The fourth-order valence-corrected chi connectivity index (χ4v) is 4.95. The first-order chi connectivity index (χ1) is 16.0. The molecule has 2 heterocycles. The number of benzene rings is 2. The fraction of sp³-hybridized carbons (Fsp3) is 0.481. The molecular weight excluding hydrogens is 414 g/mol. The molecule has 2 amide bonds. The first-order valence-electron chi connectivity index (χ1n) is 12.0. The van der Waals surface area contributed by atoms with Gasteiger partial charge in [0, 0.05) is 39.1 Å². The van der Waals surface area contributed by atoms with Gasteiger partial charge in [-0.25, -0.2) is 0 Å². The number of hydrogen-bond acceptors (Lipinski definition) is 5. The average molecular weight is 450 g/mol. The lowest BCUT2D eigenvalue weighted by molar-refractivity contribution is -0.134. The average Bonchev–Trinajstić information content (AvgIpc) is 2.81. The van der Waals surface area contributed by atoms with Crippen LogP contribution in [0.3, 0.4) is 0 Å². The molecule has 6 heteroatoms. The lowest BCUT2D eigenvalue weighted by Gasteiger charge is -2.32. The summed E-state index contributed by atoms with van der Waals surface area (Å²) >= 11 is 0. The number of carbonyl (C=O) groups is 2. The van der Waals surface area contributed by atoms with Crippen molar-refractivity contribution in [3.8, 4) is 5.75 Å². The molecule has 2 aliphatic rings. The number of allylic oxidation sites excluding steroid dienone is 1. The summed E-state index contributed by atoms with van der Waals surface area (Å²) in [5.74, 6) is 0.188. The number of imide groups is 1. The molecule has 6 nitrogen and oxygen atoms in total. The van der Waals surface area contributed by atoms with Gasteiger partial charge in [-0.15, -0.1) is 0 Å². The number of rotatable bonds is 7. The lowest BCUT2D eigenvalue weighted by atomic mass is 9.82. The molecule has 1 N–H and O–H groups in total. The number of aryl methyl sites for hydroxylation is 1. The van der Waals surface area contributed by atoms with Crippen molar-refractivity contribution in [2.24, 2.45) is 5.92 Å². The molecule has 1 atom stereocenters. The summed E-state index contributed by atoms with van der Waals surface area (Å²) in [4.78, 5) is 29.1. The van der Waals surface area contributed by atoms with Gasteiger partial charge in [-0.2, -0.15) is 0 Å². The molecule has 0 spiro atoms. The SMILES string of the molecule is C/C=C(\c1c(C)ccc2cc(OCCCN3CCN(C)CC3)ccc12)C1CCC(=O)NC1=O. The predicted molar refractivity (Wildman–Crippen MR) is 132 cm³/mol. The molecule has 4 rings (SSSR count). The number of nitrogens with one attached hydrogen (secondary N) is 1. The van der Waals surface area contributed by atoms with E-state index >= 15 is 0 Å². The highest BCUT2D eigenvalue weighted by Crippen LogP contribution is 2.37. The van der Waals surface area contributed by atoms with Crippen LogP contribution in [0.1, 0.15) is 37.3 Å². The summed E-state index contributed by atoms with van der Waals surface area (Å²) < 4.78 is 6.08. The van der Waals surface area contributed by atoms with Crippen LogP contribution < -0.4 is 10.1 Å². The normalized spacial score (nSPS) is 20.8. The molecule has 176 valence electrons. The van der Waals surface area contributed by atoms with Crippen LogP contribution in [-0.2, 0) is 9.59 Å². The number of amides is 2. The quantitative estimate of drug-likeness (QED) is 0.517.